The van der Waals surface area contributed by atoms with Gasteiger partial charge in [-0.3, -0.25) is 9.59 Å². The summed E-state index contributed by atoms with van der Waals surface area (Å²) < 4.78 is 0. The van der Waals surface area contributed by atoms with E-state index in [1.54, 1.807) is 42.7 Å². The van der Waals surface area contributed by atoms with Crippen molar-refractivity contribution in [1.82, 2.24) is 15.6 Å². The summed E-state index contributed by atoms with van der Waals surface area (Å²) in [4.78, 5) is 27.4. The van der Waals surface area contributed by atoms with Gasteiger partial charge in [-0.15, -0.1) is 12.4 Å². The van der Waals surface area contributed by atoms with E-state index in [0.717, 1.165) is 19.5 Å². The van der Waals surface area contributed by atoms with E-state index in [9.17, 15) is 9.59 Å². The Morgan fingerprint density at radius 2 is 1.79 bits per heavy atom. The summed E-state index contributed by atoms with van der Waals surface area (Å²) in [5.74, 6) is 0.323. The molecule has 0 bridgehead atoms. The number of carbonyl (C=O) groups is 2. The Morgan fingerprint density at radius 1 is 1.08 bits per heavy atom. The molecule has 1 aliphatic heterocycles. The maximum Gasteiger partial charge on any atom is 0.251 e. The van der Waals surface area contributed by atoms with Gasteiger partial charge in [0, 0.05) is 41.7 Å². The van der Waals surface area contributed by atoms with Crippen LogP contribution in [0.25, 0.3) is 0 Å². The van der Waals surface area contributed by atoms with E-state index in [-0.39, 0.29) is 30.1 Å². The number of H-pyrrole nitrogens is 1. The molecule has 128 valence electrons. The van der Waals surface area contributed by atoms with Crippen LogP contribution in [0.15, 0.2) is 42.7 Å². The van der Waals surface area contributed by atoms with E-state index in [1.165, 1.54) is 0 Å². The molecule has 1 saturated heterocycles. The lowest BCUT2D eigenvalue weighted by Crippen LogP contribution is -2.50. The molecule has 24 heavy (non-hydrogen) atoms. The number of carbonyl (C=O) groups excluding carboxylic acids is 2. The minimum atomic E-state index is -0.0915. The molecule has 5 nitrogen and oxygen atoms in total. The second-order valence-corrected chi connectivity index (χ2v) is 6.06. The molecule has 0 radical (unpaired) electrons. The minimum absolute atomic E-state index is 0. The van der Waals surface area contributed by atoms with Crippen LogP contribution in [-0.2, 0) is 0 Å². The molecular formula is C18H22ClN3O2. The van der Waals surface area contributed by atoms with E-state index < -0.39 is 0 Å². The molecule has 6 heteroatoms. The fraction of sp³-hybridized carbons (Fsp3) is 0.333. The van der Waals surface area contributed by atoms with Gasteiger partial charge in [0.05, 0.1) is 0 Å². The Labute approximate surface area is 147 Å². The van der Waals surface area contributed by atoms with E-state index in [0.29, 0.717) is 22.6 Å². The summed E-state index contributed by atoms with van der Waals surface area (Å²) in [5, 5.41) is 6.37. The number of aromatic amines is 1. The van der Waals surface area contributed by atoms with Crippen LogP contribution in [0, 0.1) is 5.92 Å². The average molecular weight is 348 g/mol. The van der Waals surface area contributed by atoms with Crippen molar-refractivity contribution in [2.24, 2.45) is 5.92 Å². The van der Waals surface area contributed by atoms with Crippen molar-refractivity contribution in [3.63, 3.8) is 0 Å². The highest BCUT2D eigenvalue weighted by Gasteiger charge is 2.23. The highest BCUT2D eigenvalue weighted by atomic mass is 35.5. The maximum absolute atomic E-state index is 12.3. The molecule has 3 N–H and O–H groups in total. The summed E-state index contributed by atoms with van der Waals surface area (Å²) in [6.45, 7) is 3.96. The van der Waals surface area contributed by atoms with Crippen molar-refractivity contribution in [3.8, 4) is 0 Å². The van der Waals surface area contributed by atoms with Gasteiger partial charge in [-0.1, -0.05) is 19.1 Å². The third-order valence-electron chi connectivity index (χ3n) is 4.41. The Bertz CT molecular complexity index is 683. The number of hydrogen-bond acceptors (Lipinski definition) is 3. The molecule has 2 unspecified atom stereocenters. The van der Waals surface area contributed by atoms with Crippen LogP contribution < -0.4 is 10.6 Å². The summed E-state index contributed by atoms with van der Waals surface area (Å²) in [6, 6.07) is 8.70. The van der Waals surface area contributed by atoms with Crippen molar-refractivity contribution < 1.29 is 9.59 Å². The molecule has 3 rings (SSSR count). The fourth-order valence-electron chi connectivity index (χ4n) is 2.84. The van der Waals surface area contributed by atoms with Crippen LogP contribution in [0.5, 0.6) is 0 Å². The van der Waals surface area contributed by atoms with Crippen LogP contribution in [0.3, 0.4) is 0 Å². The molecule has 2 aromatic rings. The molecule has 0 aliphatic carbocycles. The van der Waals surface area contributed by atoms with Crippen molar-refractivity contribution >= 4 is 24.1 Å². The SMILES string of the molecule is CC1CCNCC1NC(=O)c1ccc(C(=O)c2cc[nH]c2)cc1.Cl. The van der Waals surface area contributed by atoms with Gasteiger partial charge in [0.1, 0.15) is 0 Å². The normalized spacial score (nSPS) is 20.0. The van der Waals surface area contributed by atoms with Crippen molar-refractivity contribution in [3.05, 3.63) is 59.4 Å². The van der Waals surface area contributed by atoms with Gasteiger partial charge < -0.3 is 15.6 Å². The molecule has 2 heterocycles. The number of rotatable bonds is 4. The van der Waals surface area contributed by atoms with E-state index in [4.69, 9.17) is 0 Å². The number of nitrogens with one attached hydrogen (secondary N) is 3. The zero-order valence-electron chi connectivity index (χ0n) is 13.5. The van der Waals surface area contributed by atoms with Gasteiger partial charge in [0.15, 0.2) is 5.78 Å². The zero-order valence-corrected chi connectivity index (χ0v) is 14.4. The molecule has 1 aromatic carbocycles. The minimum Gasteiger partial charge on any atom is -0.367 e. The average Bonchev–Trinajstić information content (AvgIpc) is 3.11. The summed E-state index contributed by atoms with van der Waals surface area (Å²) in [6.07, 6.45) is 4.45. The number of ketones is 1. The van der Waals surface area contributed by atoms with Crippen LogP contribution in [-0.4, -0.2) is 35.8 Å². The number of piperidine rings is 1. The first-order valence-corrected chi connectivity index (χ1v) is 7.94. The summed E-state index contributed by atoms with van der Waals surface area (Å²) in [5.41, 5.74) is 1.77. The largest absolute Gasteiger partial charge is 0.367 e. The predicted octanol–water partition coefficient (Wildman–Crippen LogP) is 2.40. The third kappa shape index (κ3) is 4.04. The Morgan fingerprint density at radius 3 is 2.42 bits per heavy atom. The lowest BCUT2D eigenvalue weighted by molar-refractivity contribution is 0.0914. The molecule has 1 aliphatic rings. The number of benzene rings is 1. The zero-order chi connectivity index (χ0) is 16.2. The first-order chi connectivity index (χ1) is 11.1. The number of halogens is 1. The quantitative estimate of drug-likeness (QED) is 0.743. The molecule has 1 amide bonds. The molecule has 2 atom stereocenters. The van der Waals surface area contributed by atoms with Gasteiger partial charge in [-0.05, 0) is 37.1 Å². The van der Waals surface area contributed by atoms with E-state index in [1.807, 2.05) is 0 Å². The number of amides is 1. The molecule has 1 aromatic heterocycles. The van der Waals surface area contributed by atoms with Crippen molar-refractivity contribution in [1.29, 1.82) is 0 Å². The smallest absolute Gasteiger partial charge is 0.251 e. The van der Waals surface area contributed by atoms with Crippen LogP contribution in [0.4, 0.5) is 0 Å². The first-order valence-electron chi connectivity index (χ1n) is 7.94. The van der Waals surface area contributed by atoms with Gasteiger partial charge in [0.25, 0.3) is 5.91 Å². The Balaban J connectivity index is 0.00000208. The predicted molar refractivity (Wildman–Crippen MR) is 95.8 cm³/mol. The lowest BCUT2D eigenvalue weighted by atomic mass is 9.94. The Hall–Kier alpha value is -2.11. The highest BCUT2D eigenvalue weighted by molar-refractivity contribution is 6.09. The van der Waals surface area contributed by atoms with E-state index in [2.05, 4.69) is 22.5 Å². The molecular weight excluding hydrogens is 326 g/mol. The molecule has 1 fully saturated rings. The molecule has 0 spiro atoms. The van der Waals surface area contributed by atoms with Gasteiger partial charge in [-0.25, -0.2) is 0 Å². The van der Waals surface area contributed by atoms with Crippen LogP contribution in [0.2, 0.25) is 0 Å². The second-order valence-electron chi connectivity index (χ2n) is 6.06. The van der Waals surface area contributed by atoms with Gasteiger partial charge in [0.2, 0.25) is 0 Å². The number of hydrogen-bond donors (Lipinski definition) is 3. The van der Waals surface area contributed by atoms with Crippen LogP contribution >= 0.6 is 12.4 Å². The lowest BCUT2D eigenvalue weighted by Gasteiger charge is -2.30. The standard InChI is InChI=1S/C18H21N3O2.ClH/c1-12-6-8-20-11-16(12)21-18(23)14-4-2-13(3-5-14)17(22)15-7-9-19-10-15;/h2-5,7,9-10,12,16,19-20H,6,8,11H2,1H3,(H,21,23);1H. The third-order valence-corrected chi connectivity index (χ3v) is 4.41. The van der Waals surface area contributed by atoms with Gasteiger partial charge >= 0.3 is 0 Å². The summed E-state index contributed by atoms with van der Waals surface area (Å²) in [7, 11) is 0. The fourth-order valence-corrected chi connectivity index (χ4v) is 2.84. The first kappa shape index (κ1) is 18.2. The van der Waals surface area contributed by atoms with Gasteiger partial charge in [-0.2, -0.15) is 0 Å². The maximum atomic E-state index is 12.3. The number of aromatic nitrogens is 1. The monoisotopic (exact) mass is 347 g/mol. The van der Waals surface area contributed by atoms with E-state index >= 15 is 0 Å². The van der Waals surface area contributed by atoms with Crippen LogP contribution in [0.1, 0.15) is 39.6 Å². The highest BCUT2D eigenvalue weighted by Crippen LogP contribution is 2.14. The topological polar surface area (TPSA) is 74.0 Å². The Kier molecular flexibility index (Phi) is 6.17. The van der Waals surface area contributed by atoms with Crippen molar-refractivity contribution in [2.45, 2.75) is 19.4 Å². The summed E-state index contributed by atoms with van der Waals surface area (Å²) >= 11 is 0. The second kappa shape index (κ2) is 8.13. The van der Waals surface area contributed by atoms with Crippen molar-refractivity contribution in [2.75, 3.05) is 13.1 Å². The molecule has 0 saturated carbocycles.